The lowest BCUT2D eigenvalue weighted by Crippen LogP contribution is -2.36. The molecule has 0 radical (unpaired) electrons. The molecule has 2 N–H and O–H groups in total. The van der Waals surface area contributed by atoms with Crippen molar-refractivity contribution in [1.29, 1.82) is 0 Å². The van der Waals surface area contributed by atoms with Crippen LogP contribution in [0.3, 0.4) is 0 Å². The van der Waals surface area contributed by atoms with E-state index < -0.39 is 0 Å². The van der Waals surface area contributed by atoms with Crippen LogP contribution in [0.15, 0.2) is 42.5 Å². The molecule has 4 rings (SSSR count). The van der Waals surface area contributed by atoms with E-state index >= 15 is 0 Å². The van der Waals surface area contributed by atoms with Crippen LogP contribution in [0.2, 0.25) is 0 Å². The summed E-state index contributed by atoms with van der Waals surface area (Å²) in [4.78, 5) is 16.7. The molecule has 0 atom stereocenters. The third-order valence-electron chi connectivity index (χ3n) is 4.62. The highest BCUT2D eigenvalue weighted by molar-refractivity contribution is 7.21. The minimum atomic E-state index is -0.116. The second kappa shape index (κ2) is 6.84. The molecule has 128 valence electrons. The number of aryl methyl sites for hydroxylation is 1. The Morgan fingerprint density at radius 1 is 1.12 bits per heavy atom. The summed E-state index contributed by atoms with van der Waals surface area (Å²) in [5, 5.41) is 6.95. The molecule has 0 bridgehead atoms. The molecule has 5 heteroatoms. The summed E-state index contributed by atoms with van der Waals surface area (Å²) >= 11 is 1.69. The van der Waals surface area contributed by atoms with Gasteiger partial charge in [0.25, 0.3) is 0 Å². The first kappa shape index (κ1) is 16.1. The fraction of sp³-hybridized carbons (Fsp3) is 0.300. The number of hydrogen-bond acceptors (Lipinski definition) is 3. The van der Waals surface area contributed by atoms with Crippen LogP contribution in [0.5, 0.6) is 0 Å². The highest BCUT2D eigenvalue weighted by Gasteiger charge is 2.17. The van der Waals surface area contributed by atoms with Gasteiger partial charge in [0, 0.05) is 17.3 Å². The SMILES string of the molecule is Cc1ccc2nc(-c3ccc(NC(=O)NC4CCCC4)cc3)sc2c1. The molecule has 2 amide bonds. The van der Waals surface area contributed by atoms with Crippen molar-refractivity contribution in [2.45, 2.75) is 38.6 Å². The number of rotatable bonds is 3. The number of nitrogens with one attached hydrogen (secondary N) is 2. The second-order valence-corrected chi connectivity index (χ2v) is 7.68. The topological polar surface area (TPSA) is 54.0 Å². The van der Waals surface area contributed by atoms with Gasteiger partial charge in [-0.25, -0.2) is 9.78 Å². The van der Waals surface area contributed by atoms with Crippen molar-refractivity contribution in [3.63, 3.8) is 0 Å². The largest absolute Gasteiger partial charge is 0.335 e. The van der Waals surface area contributed by atoms with Gasteiger partial charge in [-0.3, -0.25) is 0 Å². The summed E-state index contributed by atoms with van der Waals surface area (Å²) in [6, 6.07) is 14.4. The smallest absolute Gasteiger partial charge is 0.319 e. The molecule has 4 nitrogen and oxygen atoms in total. The summed E-state index contributed by atoms with van der Waals surface area (Å²) in [7, 11) is 0. The third kappa shape index (κ3) is 3.66. The number of nitrogens with zero attached hydrogens (tertiary/aromatic N) is 1. The van der Waals surface area contributed by atoms with Crippen LogP contribution in [-0.2, 0) is 0 Å². The van der Waals surface area contributed by atoms with Gasteiger partial charge < -0.3 is 10.6 Å². The van der Waals surface area contributed by atoms with E-state index in [1.165, 1.54) is 23.1 Å². The van der Waals surface area contributed by atoms with E-state index in [1.807, 2.05) is 24.3 Å². The Balaban J connectivity index is 1.46. The van der Waals surface area contributed by atoms with Crippen LogP contribution < -0.4 is 10.6 Å². The molecule has 1 aromatic heterocycles. The molecule has 25 heavy (non-hydrogen) atoms. The molecule has 1 heterocycles. The number of urea groups is 1. The first-order chi connectivity index (χ1) is 12.2. The van der Waals surface area contributed by atoms with E-state index in [0.29, 0.717) is 6.04 Å². The van der Waals surface area contributed by atoms with Crippen LogP contribution >= 0.6 is 11.3 Å². The molecule has 1 saturated carbocycles. The normalized spacial score (nSPS) is 14.8. The fourth-order valence-electron chi connectivity index (χ4n) is 3.27. The zero-order valence-corrected chi connectivity index (χ0v) is 15.0. The number of hydrogen-bond donors (Lipinski definition) is 2. The summed E-state index contributed by atoms with van der Waals surface area (Å²) in [5.41, 5.74) is 4.15. The van der Waals surface area contributed by atoms with Crippen molar-refractivity contribution in [2.75, 3.05) is 5.32 Å². The molecule has 0 aliphatic heterocycles. The number of carbonyl (C=O) groups excluding carboxylic acids is 1. The number of benzene rings is 2. The Labute approximate surface area is 151 Å². The van der Waals surface area contributed by atoms with Crippen molar-refractivity contribution >= 4 is 33.3 Å². The van der Waals surface area contributed by atoms with Gasteiger partial charge in [0.2, 0.25) is 0 Å². The lowest BCUT2D eigenvalue weighted by molar-refractivity contribution is 0.248. The molecule has 1 fully saturated rings. The maximum absolute atomic E-state index is 12.0. The highest BCUT2D eigenvalue weighted by atomic mass is 32.1. The predicted octanol–water partition coefficient (Wildman–Crippen LogP) is 5.34. The molecule has 0 saturated heterocycles. The number of anilines is 1. The number of fused-ring (bicyclic) bond motifs is 1. The maximum atomic E-state index is 12.0. The van der Waals surface area contributed by atoms with E-state index in [1.54, 1.807) is 11.3 Å². The Morgan fingerprint density at radius 2 is 1.88 bits per heavy atom. The first-order valence-electron chi connectivity index (χ1n) is 8.72. The Kier molecular flexibility index (Phi) is 4.40. The van der Waals surface area contributed by atoms with Gasteiger partial charge in [-0.2, -0.15) is 0 Å². The Morgan fingerprint density at radius 3 is 2.64 bits per heavy atom. The van der Waals surface area contributed by atoms with Crippen LogP contribution in [0.4, 0.5) is 10.5 Å². The van der Waals surface area contributed by atoms with Crippen LogP contribution in [-0.4, -0.2) is 17.1 Å². The van der Waals surface area contributed by atoms with Crippen molar-refractivity contribution < 1.29 is 4.79 Å². The first-order valence-corrected chi connectivity index (χ1v) is 9.54. The fourth-order valence-corrected chi connectivity index (χ4v) is 4.34. The average Bonchev–Trinajstić information content (AvgIpc) is 3.24. The lowest BCUT2D eigenvalue weighted by atomic mass is 10.2. The summed E-state index contributed by atoms with van der Waals surface area (Å²) in [5.74, 6) is 0. The molecule has 1 aliphatic carbocycles. The van der Waals surface area contributed by atoms with E-state index in [2.05, 4.69) is 35.8 Å². The van der Waals surface area contributed by atoms with Gasteiger partial charge >= 0.3 is 6.03 Å². The summed E-state index contributed by atoms with van der Waals surface area (Å²) in [6.45, 7) is 2.09. The van der Waals surface area contributed by atoms with Crippen molar-refractivity contribution in [3.8, 4) is 10.6 Å². The minimum Gasteiger partial charge on any atom is -0.335 e. The van der Waals surface area contributed by atoms with Gasteiger partial charge in [0.15, 0.2) is 0 Å². The van der Waals surface area contributed by atoms with E-state index in [9.17, 15) is 4.79 Å². The molecule has 0 unspecified atom stereocenters. The van der Waals surface area contributed by atoms with Crippen LogP contribution in [0, 0.1) is 6.92 Å². The molecule has 0 spiro atoms. The lowest BCUT2D eigenvalue weighted by Gasteiger charge is -2.13. The van der Waals surface area contributed by atoms with Crippen LogP contribution in [0.25, 0.3) is 20.8 Å². The second-order valence-electron chi connectivity index (χ2n) is 6.65. The van der Waals surface area contributed by atoms with Gasteiger partial charge in [0.05, 0.1) is 10.2 Å². The highest BCUT2D eigenvalue weighted by Crippen LogP contribution is 2.31. The van der Waals surface area contributed by atoms with Gasteiger partial charge in [-0.05, 0) is 61.7 Å². The molecule has 1 aliphatic rings. The molecule has 3 aromatic rings. The zero-order valence-electron chi connectivity index (χ0n) is 14.2. The molecule has 2 aromatic carbocycles. The minimum absolute atomic E-state index is 0.116. The zero-order chi connectivity index (χ0) is 17.2. The van der Waals surface area contributed by atoms with E-state index in [0.717, 1.165) is 34.6 Å². The number of carbonyl (C=O) groups is 1. The van der Waals surface area contributed by atoms with Gasteiger partial charge in [-0.1, -0.05) is 18.9 Å². The molecular weight excluding hydrogens is 330 g/mol. The van der Waals surface area contributed by atoms with Gasteiger partial charge in [0.1, 0.15) is 5.01 Å². The Bertz CT molecular complexity index is 895. The summed E-state index contributed by atoms with van der Waals surface area (Å²) in [6.07, 6.45) is 4.59. The number of amides is 2. The van der Waals surface area contributed by atoms with Crippen molar-refractivity contribution in [1.82, 2.24) is 10.3 Å². The predicted molar refractivity (Wildman–Crippen MR) is 104 cm³/mol. The van der Waals surface area contributed by atoms with Crippen LogP contribution in [0.1, 0.15) is 31.2 Å². The van der Waals surface area contributed by atoms with Gasteiger partial charge in [-0.15, -0.1) is 11.3 Å². The number of thiazole rings is 1. The molecular formula is C20H21N3OS. The quantitative estimate of drug-likeness (QED) is 0.669. The van der Waals surface area contributed by atoms with Crippen molar-refractivity contribution in [2.24, 2.45) is 0 Å². The Hall–Kier alpha value is -2.40. The average molecular weight is 351 g/mol. The van der Waals surface area contributed by atoms with Crippen molar-refractivity contribution in [3.05, 3.63) is 48.0 Å². The summed E-state index contributed by atoms with van der Waals surface area (Å²) < 4.78 is 1.20. The number of aromatic nitrogens is 1. The van der Waals surface area contributed by atoms with E-state index in [4.69, 9.17) is 4.98 Å². The third-order valence-corrected chi connectivity index (χ3v) is 5.69. The maximum Gasteiger partial charge on any atom is 0.319 e. The standard InChI is InChI=1S/C20H21N3OS/c1-13-6-11-17-18(12-13)25-19(23-17)14-7-9-16(10-8-14)22-20(24)21-15-4-2-3-5-15/h6-12,15H,2-5H2,1H3,(H2,21,22,24). The van der Waals surface area contributed by atoms with E-state index in [-0.39, 0.29) is 6.03 Å². The monoisotopic (exact) mass is 351 g/mol.